The number of benzene rings is 1. The molecule has 0 radical (unpaired) electrons. The molecule has 0 aliphatic heterocycles. The molecule has 1 N–H and O–H groups in total. The molecular weight excluding hydrogens is 267 g/mol. The van der Waals surface area contributed by atoms with Crippen LogP contribution in [0.3, 0.4) is 0 Å². The number of nitro groups is 1. The molecular formula is C10H10ClFN2O4. The molecule has 0 saturated heterocycles. The monoisotopic (exact) mass is 276 g/mol. The Kier molecular flexibility index (Phi) is 4.99. The SMILES string of the molecule is COCC(=O)NCc1cc([N+](=O)[O-])c(F)cc1Cl. The smallest absolute Gasteiger partial charge is 0.305 e. The normalized spacial score (nSPS) is 10.2. The molecule has 0 heterocycles. The van der Waals surface area contributed by atoms with Crippen LogP contribution in [-0.2, 0) is 16.1 Å². The van der Waals surface area contributed by atoms with Crippen molar-refractivity contribution in [2.75, 3.05) is 13.7 Å². The topological polar surface area (TPSA) is 81.5 Å². The fraction of sp³-hybridized carbons (Fsp3) is 0.300. The number of nitrogens with zero attached hydrogens (tertiary/aromatic N) is 1. The van der Waals surface area contributed by atoms with Crippen LogP contribution in [0.5, 0.6) is 0 Å². The van der Waals surface area contributed by atoms with Crippen molar-refractivity contribution in [2.24, 2.45) is 0 Å². The van der Waals surface area contributed by atoms with Crippen LogP contribution in [0.1, 0.15) is 5.56 Å². The molecule has 98 valence electrons. The third-order valence-corrected chi connectivity index (χ3v) is 2.42. The number of halogens is 2. The fourth-order valence-corrected chi connectivity index (χ4v) is 1.45. The van der Waals surface area contributed by atoms with Gasteiger partial charge in [0.25, 0.3) is 0 Å². The summed E-state index contributed by atoms with van der Waals surface area (Å²) in [5.41, 5.74) is -0.426. The molecule has 0 spiro atoms. The number of carbonyl (C=O) groups is 1. The molecule has 6 nitrogen and oxygen atoms in total. The van der Waals surface area contributed by atoms with Crippen molar-refractivity contribution in [3.05, 3.63) is 38.7 Å². The van der Waals surface area contributed by atoms with E-state index >= 15 is 0 Å². The summed E-state index contributed by atoms with van der Waals surface area (Å²) in [7, 11) is 1.36. The van der Waals surface area contributed by atoms with Gasteiger partial charge in [-0.2, -0.15) is 4.39 Å². The summed E-state index contributed by atoms with van der Waals surface area (Å²) in [6.07, 6.45) is 0. The summed E-state index contributed by atoms with van der Waals surface area (Å²) in [5.74, 6) is -1.42. The number of rotatable bonds is 5. The van der Waals surface area contributed by atoms with E-state index in [0.717, 1.165) is 12.1 Å². The van der Waals surface area contributed by atoms with Gasteiger partial charge < -0.3 is 10.1 Å². The van der Waals surface area contributed by atoms with E-state index < -0.39 is 22.3 Å². The Labute approximate surface area is 107 Å². The molecule has 0 atom stereocenters. The Morgan fingerprint density at radius 2 is 2.28 bits per heavy atom. The van der Waals surface area contributed by atoms with Crippen molar-refractivity contribution in [1.29, 1.82) is 0 Å². The minimum absolute atomic E-state index is 0.0100. The first-order chi connectivity index (χ1) is 8.45. The predicted octanol–water partition coefficient (Wildman–Crippen LogP) is 1.65. The second kappa shape index (κ2) is 6.27. The number of nitrogens with one attached hydrogen (secondary N) is 1. The highest BCUT2D eigenvalue weighted by Gasteiger charge is 2.17. The van der Waals surface area contributed by atoms with Crippen LogP contribution >= 0.6 is 11.6 Å². The highest BCUT2D eigenvalue weighted by molar-refractivity contribution is 6.31. The van der Waals surface area contributed by atoms with Gasteiger partial charge in [-0.05, 0) is 11.6 Å². The number of hydrogen-bond donors (Lipinski definition) is 1. The van der Waals surface area contributed by atoms with E-state index in [0.29, 0.717) is 0 Å². The first-order valence-corrected chi connectivity index (χ1v) is 5.21. The van der Waals surface area contributed by atoms with Crippen molar-refractivity contribution < 1.29 is 18.8 Å². The van der Waals surface area contributed by atoms with Crippen LogP contribution in [0, 0.1) is 15.9 Å². The zero-order valence-electron chi connectivity index (χ0n) is 9.41. The van der Waals surface area contributed by atoms with E-state index in [1.54, 1.807) is 0 Å². The molecule has 0 unspecified atom stereocenters. The van der Waals surface area contributed by atoms with E-state index in [-0.39, 0.29) is 23.7 Å². The number of carbonyl (C=O) groups excluding carboxylic acids is 1. The maximum absolute atomic E-state index is 13.2. The molecule has 0 fully saturated rings. The van der Waals surface area contributed by atoms with Crippen LogP contribution in [0.2, 0.25) is 5.02 Å². The zero-order chi connectivity index (χ0) is 13.7. The van der Waals surface area contributed by atoms with Crippen molar-refractivity contribution in [3.63, 3.8) is 0 Å². The van der Waals surface area contributed by atoms with Gasteiger partial charge in [-0.1, -0.05) is 11.6 Å². The summed E-state index contributed by atoms with van der Waals surface area (Å²) >= 11 is 5.72. The summed E-state index contributed by atoms with van der Waals surface area (Å²) in [5, 5.41) is 13.0. The van der Waals surface area contributed by atoms with Gasteiger partial charge in [-0.15, -0.1) is 0 Å². The van der Waals surface area contributed by atoms with Crippen LogP contribution in [-0.4, -0.2) is 24.5 Å². The van der Waals surface area contributed by atoms with E-state index in [4.69, 9.17) is 11.6 Å². The molecule has 0 aromatic heterocycles. The Morgan fingerprint density at radius 1 is 1.61 bits per heavy atom. The van der Waals surface area contributed by atoms with Gasteiger partial charge in [-0.3, -0.25) is 14.9 Å². The average molecular weight is 277 g/mol. The van der Waals surface area contributed by atoms with Gasteiger partial charge in [0.2, 0.25) is 11.7 Å². The standard InChI is InChI=1S/C10H10ClFN2O4/c1-18-5-10(15)13-4-6-2-9(14(16)17)8(12)3-7(6)11/h2-3H,4-5H2,1H3,(H,13,15). The first-order valence-electron chi connectivity index (χ1n) is 4.83. The summed E-state index contributed by atoms with van der Waals surface area (Å²) < 4.78 is 17.8. The molecule has 1 aromatic rings. The van der Waals surface area contributed by atoms with Crippen molar-refractivity contribution in [2.45, 2.75) is 6.54 Å². The average Bonchev–Trinajstić information content (AvgIpc) is 2.27. The second-order valence-corrected chi connectivity index (χ2v) is 3.77. The van der Waals surface area contributed by atoms with Crippen LogP contribution in [0.25, 0.3) is 0 Å². The van der Waals surface area contributed by atoms with Gasteiger partial charge in [-0.25, -0.2) is 0 Å². The number of amides is 1. The highest BCUT2D eigenvalue weighted by atomic mass is 35.5. The fourth-order valence-electron chi connectivity index (χ4n) is 1.23. The molecule has 1 aromatic carbocycles. The minimum atomic E-state index is -1.02. The number of nitro benzene ring substituents is 1. The maximum atomic E-state index is 13.2. The van der Waals surface area contributed by atoms with Crippen LogP contribution in [0.4, 0.5) is 10.1 Å². The third-order valence-electron chi connectivity index (χ3n) is 2.06. The number of hydrogen-bond acceptors (Lipinski definition) is 4. The third kappa shape index (κ3) is 3.64. The molecule has 18 heavy (non-hydrogen) atoms. The second-order valence-electron chi connectivity index (χ2n) is 3.36. The lowest BCUT2D eigenvalue weighted by Gasteiger charge is -2.07. The lowest BCUT2D eigenvalue weighted by Crippen LogP contribution is -2.26. The van der Waals surface area contributed by atoms with Crippen molar-refractivity contribution in [1.82, 2.24) is 5.32 Å². The zero-order valence-corrected chi connectivity index (χ0v) is 10.2. The number of ether oxygens (including phenoxy) is 1. The Balaban J connectivity index is 2.86. The van der Waals surface area contributed by atoms with E-state index in [1.807, 2.05) is 0 Å². The van der Waals surface area contributed by atoms with Crippen molar-refractivity contribution >= 4 is 23.2 Å². The Hall–Kier alpha value is -1.73. The van der Waals surface area contributed by atoms with Gasteiger partial charge in [0, 0.05) is 24.7 Å². The highest BCUT2D eigenvalue weighted by Crippen LogP contribution is 2.25. The Morgan fingerprint density at radius 3 is 2.83 bits per heavy atom. The summed E-state index contributed by atoms with van der Waals surface area (Å²) in [6, 6.07) is 1.84. The first kappa shape index (κ1) is 14.3. The number of methoxy groups -OCH3 is 1. The molecule has 0 aliphatic carbocycles. The summed E-state index contributed by atoms with van der Waals surface area (Å²) in [6.45, 7) is -0.178. The van der Waals surface area contributed by atoms with Gasteiger partial charge in [0.15, 0.2) is 0 Å². The van der Waals surface area contributed by atoms with E-state index in [1.165, 1.54) is 7.11 Å². The van der Waals surface area contributed by atoms with E-state index in [2.05, 4.69) is 10.1 Å². The predicted molar refractivity (Wildman–Crippen MR) is 61.8 cm³/mol. The van der Waals surface area contributed by atoms with Crippen LogP contribution < -0.4 is 5.32 Å². The van der Waals surface area contributed by atoms with E-state index in [9.17, 15) is 19.3 Å². The molecule has 8 heteroatoms. The largest absolute Gasteiger partial charge is 0.375 e. The van der Waals surface area contributed by atoms with Gasteiger partial charge >= 0.3 is 5.69 Å². The molecule has 0 bridgehead atoms. The molecule has 0 aliphatic rings. The van der Waals surface area contributed by atoms with Gasteiger partial charge in [0.1, 0.15) is 6.61 Å². The Bertz CT molecular complexity index is 481. The summed E-state index contributed by atoms with van der Waals surface area (Å²) in [4.78, 5) is 20.8. The van der Waals surface area contributed by atoms with Crippen molar-refractivity contribution in [3.8, 4) is 0 Å². The maximum Gasteiger partial charge on any atom is 0.305 e. The molecule has 1 amide bonds. The van der Waals surface area contributed by atoms with Gasteiger partial charge in [0.05, 0.1) is 4.92 Å². The van der Waals surface area contributed by atoms with Crippen LogP contribution in [0.15, 0.2) is 12.1 Å². The molecule has 0 saturated carbocycles. The minimum Gasteiger partial charge on any atom is -0.375 e. The lowest BCUT2D eigenvalue weighted by atomic mass is 10.2. The molecule has 1 rings (SSSR count). The lowest BCUT2D eigenvalue weighted by molar-refractivity contribution is -0.387. The quantitative estimate of drug-likeness (QED) is 0.655.